The van der Waals surface area contributed by atoms with Crippen LogP contribution in [0.3, 0.4) is 0 Å². The van der Waals surface area contributed by atoms with Gasteiger partial charge in [0.2, 0.25) is 0 Å². The molecule has 82 valence electrons. The second-order valence-corrected chi connectivity index (χ2v) is 5.17. The highest BCUT2D eigenvalue weighted by molar-refractivity contribution is 9.09. The highest BCUT2D eigenvalue weighted by Gasteiger charge is 2.36. The minimum Gasteiger partial charge on any atom is -0.381 e. The fourth-order valence-electron chi connectivity index (χ4n) is 2.13. The minimum atomic E-state index is 0.459. The van der Waals surface area contributed by atoms with Crippen LogP contribution in [0.4, 0.5) is 0 Å². The maximum Gasteiger partial charge on any atom is 0.0619 e. The standard InChI is InChI=1S/C11H19BrO2/c12-8-11(4-1-5-11)9-14-10-2-6-13-7-3-10/h10H,1-9H2. The molecule has 3 heteroatoms. The summed E-state index contributed by atoms with van der Waals surface area (Å²) in [4.78, 5) is 0. The van der Waals surface area contributed by atoms with E-state index in [0.717, 1.165) is 38.0 Å². The second-order valence-electron chi connectivity index (χ2n) is 4.61. The third kappa shape index (κ3) is 2.50. The van der Waals surface area contributed by atoms with E-state index in [2.05, 4.69) is 15.9 Å². The molecule has 0 amide bonds. The molecule has 1 heterocycles. The normalized spacial score (nSPS) is 27.2. The number of hydrogen-bond acceptors (Lipinski definition) is 2. The van der Waals surface area contributed by atoms with Gasteiger partial charge in [0.1, 0.15) is 0 Å². The Morgan fingerprint density at radius 2 is 2.00 bits per heavy atom. The molecule has 1 aliphatic carbocycles. The van der Waals surface area contributed by atoms with Crippen molar-refractivity contribution in [2.24, 2.45) is 5.41 Å². The topological polar surface area (TPSA) is 18.5 Å². The molecule has 2 rings (SSSR count). The molecule has 2 aliphatic rings. The van der Waals surface area contributed by atoms with Crippen LogP contribution >= 0.6 is 15.9 Å². The van der Waals surface area contributed by atoms with Crippen LogP contribution in [0, 0.1) is 5.41 Å². The minimum absolute atomic E-state index is 0.459. The number of halogens is 1. The Morgan fingerprint density at radius 1 is 1.29 bits per heavy atom. The van der Waals surface area contributed by atoms with Gasteiger partial charge >= 0.3 is 0 Å². The maximum atomic E-state index is 5.97. The van der Waals surface area contributed by atoms with Gasteiger partial charge in [0.05, 0.1) is 12.7 Å². The summed E-state index contributed by atoms with van der Waals surface area (Å²) in [5.74, 6) is 0. The van der Waals surface area contributed by atoms with Crippen molar-refractivity contribution >= 4 is 15.9 Å². The van der Waals surface area contributed by atoms with Gasteiger partial charge in [0, 0.05) is 24.0 Å². The fraction of sp³-hybridized carbons (Fsp3) is 1.00. The molecule has 1 saturated carbocycles. The van der Waals surface area contributed by atoms with Crippen LogP contribution < -0.4 is 0 Å². The first-order valence-electron chi connectivity index (χ1n) is 5.60. The predicted octanol–water partition coefficient (Wildman–Crippen LogP) is 2.75. The molecule has 2 nitrogen and oxygen atoms in total. The number of ether oxygens (including phenoxy) is 2. The molecule has 1 saturated heterocycles. The van der Waals surface area contributed by atoms with Crippen LogP contribution in [0.1, 0.15) is 32.1 Å². The van der Waals surface area contributed by atoms with Crippen molar-refractivity contribution in [1.29, 1.82) is 0 Å². The van der Waals surface area contributed by atoms with Crippen LogP contribution in [0.25, 0.3) is 0 Å². The first-order valence-corrected chi connectivity index (χ1v) is 6.72. The number of alkyl halides is 1. The lowest BCUT2D eigenvalue weighted by atomic mass is 9.71. The Balaban J connectivity index is 1.69. The van der Waals surface area contributed by atoms with Crippen molar-refractivity contribution in [1.82, 2.24) is 0 Å². The van der Waals surface area contributed by atoms with E-state index < -0.39 is 0 Å². The molecule has 0 N–H and O–H groups in total. The van der Waals surface area contributed by atoms with Crippen LogP contribution in [0.5, 0.6) is 0 Å². The van der Waals surface area contributed by atoms with Gasteiger partial charge in [0.15, 0.2) is 0 Å². The first-order chi connectivity index (χ1) is 6.85. The molecule has 0 aromatic carbocycles. The third-order valence-corrected chi connectivity index (χ3v) is 4.68. The van der Waals surface area contributed by atoms with E-state index in [1.807, 2.05) is 0 Å². The van der Waals surface area contributed by atoms with E-state index in [0.29, 0.717) is 11.5 Å². The van der Waals surface area contributed by atoms with Crippen LogP contribution in [0.15, 0.2) is 0 Å². The molecule has 0 radical (unpaired) electrons. The van der Waals surface area contributed by atoms with Crippen LogP contribution in [-0.4, -0.2) is 31.3 Å². The summed E-state index contributed by atoms with van der Waals surface area (Å²) in [5.41, 5.74) is 0.471. The van der Waals surface area contributed by atoms with Gasteiger partial charge in [-0.15, -0.1) is 0 Å². The summed E-state index contributed by atoms with van der Waals surface area (Å²) in [6, 6.07) is 0. The molecule has 0 unspecified atom stereocenters. The molecule has 2 fully saturated rings. The van der Waals surface area contributed by atoms with Crippen molar-refractivity contribution in [3.63, 3.8) is 0 Å². The molecule has 0 aromatic rings. The van der Waals surface area contributed by atoms with Gasteiger partial charge in [-0.05, 0) is 25.7 Å². The van der Waals surface area contributed by atoms with E-state index in [1.165, 1.54) is 19.3 Å². The lowest BCUT2D eigenvalue weighted by Gasteiger charge is -2.41. The lowest BCUT2D eigenvalue weighted by molar-refractivity contribution is -0.0738. The fourth-order valence-corrected chi connectivity index (χ4v) is 2.85. The molecule has 0 atom stereocenters. The van der Waals surface area contributed by atoms with E-state index >= 15 is 0 Å². The maximum absolute atomic E-state index is 5.97. The Hall–Kier alpha value is 0.400. The van der Waals surface area contributed by atoms with Gasteiger partial charge in [-0.25, -0.2) is 0 Å². The highest BCUT2D eigenvalue weighted by atomic mass is 79.9. The molecular formula is C11H19BrO2. The van der Waals surface area contributed by atoms with E-state index in [-0.39, 0.29) is 0 Å². The van der Waals surface area contributed by atoms with Crippen molar-refractivity contribution in [2.75, 3.05) is 25.2 Å². The zero-order chi connectivity index (χ0) is 9.86. The van der Waals surface area contributed by atoms with Crippen LogP contribution in [-0.2, 0) is 9.47 Å². The third-order valence-electron chi connectivity index (χ3n) is 3.49. The summed E-state index contributed by atoms with van der Waals surface area (Å²) in [6.07, 6.45) is 6.67. The van der Waals surface area contributed by atoms with Gasteiger partial charge in [-0.2, -0.15) is 0 Å². The van der Waals surface area contributed by atoms with E-state index in [1.54, 1.807) is 0 Å². The second kappa shape index (κ2) is 4.95. The van der Waals surface area contributed by atoms with Gasteiger partial charge in [0.25, 0.3) is 0 Å². The zero-order valence-electron chi connectivity index (χ0n) is 8.64. The molecular weight excluding hydrogens is 244 g/mol. The van der Waals surface area contributed by atoms with Gasteiger partial charge < -0.3 is 9.47 Å². The van der Waals surface area contributed by atoms with E-state index in [9.17, 15) is 0 Å². The Labute approximate surface area is 94.5 Å². The number of rotatable bonds is 4. The van der Waals surface area contributed by atoms with Crippen LogP contribution in [0.2, 0.25) is 0 Å². The summed E-state index contributed by atoms with van der Waals surface area (Å²) >= 11 is 3.60. The summed E-state index contributed by atoms with van der Waals surface area (Å²) < 4.78 is 11.3. The Morgan fingerprint density at radius 3 is 2.50 bits per heavy atom. The number of hydrogen-bond donors (Lipinski definition) is 0. The lowest BCUT2D eigenvalue weighted by Crippen LogP contribution is -2.38. The predicted molar refractivity (Wildman–Crippen MR) is 59.9 cm³/mol. The smallest absolute Gasteiger partial charge is 0.0619 e. The largest absolute Gasteiger partial charge is 0.381 e. The zero-order valence-corrected chi connectivity index (χ0v) is 10.2. The van der Waals surface area contributed by atoms with Gasteiger partial charge in [-0.3, -0.25) is 0 Å². The van der Waals surface area contributed by atoms with Crippen molar-refractivity contribution < 1.29 is 9.47 Å². The summed E-state index contributed by atoms with van der Waals surface area (Å²) in [5, 5.41) is 1.10. The molecule has 0 spiro atoms. The molecule has 0 bridgehead atoms. The van der Waals surface area contributed by atoms with Crippen molar-refractivity contribution in [3.8, 4) is 0 Å². The van der Waals surface area contributed by atoms with Crippen molar-refractivity contribution in [3.05, 3.63) is 0 Å². The Bertz CT molecular complexity index is 169. The SMILES string of the molecule is BrCC1(COC2CCOCC2)CCC1. The Kier molecular flexibility index (Phi) is 3.86. The molecule has 0 aromatic heterocycles. The average Bonchev–Trinajstić information content (AvgIpc) is 2.19. The summed E-state index contributed by atoms with van der Waals surface area (Å²) in [7, 11) is 0. The van der Waals surface area contributed by atoms with E-state index in [4.69, 9.17) is 9.47 Å². The van der Waals surface area contributed by atoms with Crippen molar-refractivity contribution in [2.45, 2.75) is 38.2 Å². The monoisotopic (exact) mass is 262 g/mol. The van der Waals surface area contributed by atoms with Gasteiger partial charge in [-0.1, -0.05) is 22.4 Å². The molecule has 14 heavy (non-hydrogen) atoms. The quantitative estimate of drug-likeness (QED) is 0.726. The highest BCUT2D eigenvalue weighted by Crippen LogP contribution is 2.42. The average molecular weight is 263 g/mol. The molecule has 1 aliphatic heterocycles. The first kappa shape index (κ1) is 10.9. The summed E-state index contributed by atoms with van der Waals surface area (Å²) in [6.45, 7) is 2.71.